The minimum Gasteiger partial charge on any atom is -0.493 e. The van der Waals surface area contributed by atoms with Crippen LogP contribution in [-0.2, 0) is 16.0 Å². The van der Waals surface area contributed by atoms with Crippen molar-refractivity contribution in [3.8, 4) is 11.5 Å². The van der Waals surface area contributed by atoms with Gasteiger partial charge in [-0.25, -0.2) is 0 Å². The number of hydrogen-bond acceptors (Lipinski definition) is 6. The Labute approximate surface area is 194 Å². The second-order valence-corrected chi connectivity index (χ2v) is 8.66. The number of methoxy groups -OCH3 is 2. The van der Waals surface area contributed by atoms with Gasteiger partial charge in [-0.15, -0.1) is 0 Å². The summed E-state index contributed by atoms with van der Waals surface area (Å²) < 4.78 is 16.9. The fraction of sp³-hybridized carbons (Fsp3) is 0.480. The van der Waals surface area contributed by atoms with E-state index in [4.69, 9.17) is 14.2 Å². The maximum atomic E-state index is 12.7. The van der Waals surface area contributed by atoms with Crippen molar-refractivity contribution in [3.05, 3.63) is 53.9 Å². The van der Waals surface area contributed by atoms with Crippen LogP contribution in [0.3, 0.4) is 0 Å². The lowest BCUT2D eigenvalue weighted by Crippen LogP contribution is -2.47. The summed E-state index contributed by atoms with van der Waals surface area (Å²) in [4.78, 5) is 31.0. The molecular formula is C25H31N3O5. The van der Waals surface area contributed by atoms with E-state index < -0.39 is 0 Å². The summed E-state index contributed by atoms with van der Waals surface area (Å²) in [6, 6.07) is 8.99. The van der Waals surface area contributed by atoms with Gasteiger partial charge in [-0.05, 0) is 55.5 Å². The van der Waals surface area contributed by atoms with E-state index in [0.717, 1.165) is 31.2 Å². The Kier molecular flexibility index (Phi) is 7.13. The molecule has 1 unspecified atom stereocenters. The number of likely N-dealkylation sites (tertiary alicyclic amines) is 1. The maximum absolute atomic E-state index is 12.7. The number of carbonyl (C=O) groups is 2. The number of pyridine rings is 1. The van der Waals surface area contributed by atoms with Crippen molar-refractivity contribution >= 4 is 11.8 Å². The molecule has 1 aromatic carbocycles. The smallest absolute Gasteiger partial charge is 0.253 e. The molecule has 4 rings (SSSR count). The first-order chi connectivity index (χ1) is 16.0. The van der Waals surface area contributed by atoms with E-state index in [0.29, 0.717) is 36.7 Å². The molecule has 1 aromatic heterocycles. The van der Waals surface area contributed by atoms with Crippen LogP contribution in [0.25, 0.3) is 0 Å². The maximum Gasteiger partial charge on any atom is 0.253 e. The lowest BCUT2D eigenvalue weighted by molar-refractivity contribution is -0.122. The van der Waals surface area contributed by atoms with E-state index in [2.05, 4.69) is 10.3 Å². The first-order valence-electron chi connectivity index (χ1n) is 11.4. The number of benzene rings is 1. The zero-order chi connectivity index (χ0) is 23.3. The third kappa shape index (κ3) is 5.45. The van der Waals surface area contributed by atoms with Crippen molar-refractivity contribution in [2.45, 2.75) is 43.8 Å². The molecule has 1 spiro atoms. The highest BCUT2D eigenvalue weighted by Gasteiger charge is 2.43. The molecule has 2 aliphatic heterocycles. The number of nitrogens with zero attached hydrogens (tertiary/aromatic N) is 2. The molecule has 0 bridgehead atoms. The SMILES string of the molecule is COc1ccc(CC(=O)NCC2CCC3(CCN(C(=O)c4ccncc4)CC3)O2)cc1OC. The molecule has 2 fully saturated rings. The van der Waals surface area contributed by atoms with Gasteiger partial charge >= 0.3 is 0 Å². The summed E-state index contributed by atoms with van der Waals surface area (Å²) >= 11 is 0. The predicted molar refractivity (Wildman–Crippen MR) is 122 cm³/mol. The van der Waals surface area contributed by atoms with Gasteiger partial charge in [-0.3, -0.25) is 14.6 Å². The van der Waals surface area contributed by atoms with Gasteiger partial charge in [0.15, 0.2) is 11.5 Å². The highest BCUT2D eigenvalue weighted by Crippen LogP contribution is 2.39. The topological polar surface area (TPSA) is 90.0 Å². The fourth-order valence-electron chi connectivity index (χ4n) is 4.67. The quantitative estimate of drug-likeness (QED) is 0.693. The van der Waals surface area contributed by atoms with Crippen LogP contribution in [0.1, 0.15) is 41.6 Å². The molecule has 8 heteroatoms. The Hall–Kier alpha value is -3.13. The molecule has 3 heterocycles. The van der Waals surface area contributed by atoms with E-state index >= 15 is 0 Å². The molecule has 176 valence electrons. The Morgan fingerprint density at radius 3 is 2.52 bits per heavy atom. The summed E-state index contributed by atoms with van der Waals surface area (Å²) in [6.45, 7) is 1.85. The molecule has 0 radical (unpaired) electrons. The third-order valence-electron chi connectivity index (χ3n) is 6.57. The van der Waals surface area contributed by atoms with Crippen LogP contribution in [0.2, 0.25) is 0 Å². The molecule has 0 aliphatic carbocycles. The van der Waals surface area contributed by atoms with Gasteiger partial charge in [0.1, 0.15) is 0 Å². The molecule has 0 saturated carbocycles. The van der Waals surface area contributed by atoms with E-state index in [1.54, 1.807) is 44.8 Å². The first kappa shape index (κ1) is 23.0. The normalized spacial score (nSPS) is 19.3. The molecule has 2 aliphatic rings. The number of carbonyl (C=O) groups excluding carboxylic acids is 2. The first-order valence-corrected chi connectivity index (χ1v) is 11.4. The van der Waals surface area contributed by atoms with Crippen molar-refractivity contribution in [2.75, 3.05) is 33.9 Å². The number of rotatable bonds is 7. The Balaban J connectivity index is 1.23. The third-order valence-corrected chi connectivity index (χ3v) is 6.57. The fourth-order valence-corrected chi connectivity index (χ4v) is 4.67. The van der Waals surface area contributed by atoms with Gasteiger partial charge in [0.25, 0.3) is 5.91 Å². The molecule has 1 N–H and O–H groups in total. The number of nitrogens with one attached hydrogen (secondary N) is 1. The second kappa shape index (κ2) is 10.2. The van der Waals surface area contributed by atoms with Crippen LogP contribution >= 0.6 is 0 Å². The van der Waals surface area contributed by atoms with E-state index in [9.17, 15) is 9.59 Å². The lowest BCUT2D eigenvalue weighted by Gasteiger charge is -2.39. The Bertz CT molecular complexity index is 973. The van der Waals surface area contributed by atoms with E-state index in [1.807, 2.05) is 17.0 Å². The predicted octanol–water partition coefficient (Wildman–Crippen LogP) is 2.61. The van der Waals surface area contributed by atoms with Gasteiger partial charge in [0, 0.05) is 37.6 Å². The number of piperidine rings is 1. The molecule has 2 saturated heterocycles. The molecule has 33 heavy (non-hydrogen) atoms. The van der Waals surface area contributed by atoms with Gasteiger partial charge in [0.2, 0.25) is 5.91 Å². The van der Waals surface area contributed by atoms with Crippen molar-refractivity contribution < 1.29 is 23.8 Å². The van der Waals surface area contributed by atoms with Crippen molar-refractivity contribution in [1.82, 2.24) is 15.2 Å². The summed E-state index contributed by atoms with van der Waals surface area (Å²) in [5.74, 6) is 1.24. The van der Waals surface area contributed by atoms with Crippen LogP contribution in [0.5, 0.6) is 11.5 Å². The van der Waals surface area contributed by atoms with Gasteiger partial charge in [-0.2, -0.15) is 0 Å². The van der Waals surface area contributed by atoms with Crippen molar-refractivity contribution in [3.63, 3.8) is 0 Å². The lowest BCUT2D eigenvalue weighted by atomic mass is 9.88. The zero-order valence-electron chi connectivity index (χ0n) is 19.2. The number of ether oxygens (including phenoxy) is 3. The van der Waals surface area contributed by atoms with Crippen LogP contribution in [-0.4, -0.2) is 67.3 Å². The molecular weight excluding hydrogens is 422 g/mol. The highest BCUT2D eigenvalue weighted by atomic mass is 16.5. The number of hydrogen-bond donors (Lipinski definition) is 1. The van der Waals surface area contributed by atoms with Crippen LogP contribution in [0.4, 0.5) is 0 Å². The highest BCUT2D eigenvalue weighted by molar-refractivity contribution is 5.94. The van der Waals surface area contributed by atoms with Crippen LogP contribution in [0, 0.1) is 0 Å². The largest absolute Gasteiger partial charge is 0.493 e. The molecule has 1 atom stereocenters. The molecule has 2 amide bonds. The average molecular weight is 454 g/mol. The van der Waals surface area contributed by atoms with Gasteiger partial charge in [0.05, 0.1) is 32.3 Å². The molecule has 8 nitrogen and oxygen atoms in total. The van der Waals surface area contributed by atoms with Crippen LogP contribution in [0.15, 0.2) is 42.7 Å². The van der Waals surface area contributed by atoms with Crippen LogP contribution < -0.4 is 14.8 Å². The zero-order valence-corrected chi connectivity index (χ0v) is 19.2. The second-order valence-electron chi connectivity index (χ2n) is 8.66. The summed E-state index contributed by atoms with van der Waals surface area (Å²) in [5.41, 5.74) is 1.34. The minimum absolute atomic E-state index is 0.00167. The average Bonchev–Trinajstić information content (AvgIpc) is 3.25. The van der Waals surface area contributed by atoms with E-state index in [-0.39, 0.29) is 29.9 Å². The monoisotopic (exact) mass is 453 g/mol. The van der Waals surface area contributed by atoms with Gasteiger partial charge < -0.3 is 24.4 Å². The standard InChI is InChI=1S/C25H31N3O5/c1-31-21-4-3-18(15-22(21)32-2)16-23(29)27-17-20-5-8-25(33-20)9-13-28(14-10-25)24(30)19-6-11-26-12-7-19/h3-4,6-7,11-12,15,20H,5,8-10,13-14,16-17H2,1-2H3,(H,27,29). The summed E-state index contributed by atoms with van der Waals surface area (Å²) in [6.07, 6.45) is 7.06. The minimum atomic E-state index is -0.187. The number of amides is 2. The summed E-state index contributed by atoms with van der Waals surface area (Å²) in [5, 5.41) is 3.00. The Morgan fingerprint density at radius 1 is 1.09 bits per heavy atom. The molecule has 2 aromatic rings. The van der Waals surface area contributed by atoms with Gasteiger partial charge in [-0.1, -0.05) is 6.07 Å². The Morgan fingerprint density at radius 2 is 1.82 bits per heavy atom. The number of aromatic nitrogens is 1. The van der Waals surface area contributed by atoms with Crippen molar-refractivity contribution in [2.24, 2.45) is 0 Å². The van der Waals surface area contributed by atoms with E-state index in [1.165, 1.54) is 0 Å². The van der Waals surface area contributed by atoms with Crippen molar-refractivity contribution in [1.29, 1.82) is 0 Å². The summed E-state index contributed by atoms with van der Waals surface area (Å²) in [7, 11) is 3.16.